The molecule has 0 aliphatic heterocycles. The van der Waals surface area contributed by atoms with Gasteiger partial charge < -0.3 is 5.11 Å². The largest absolute Gasteiger partial charge is 0.384 e. The van der Waals surface area contributed by atoms with E-state index in [0.29, 0.717) is 5.56 Å². The molecular formula is C16H16F2O. The van der Waals surface area contributed by atoms with E-state index in [-0.39, 0.29) is 5.56 Å². The van der Waals surface area contributed by atoms with Gasteiger partial charge in [0.1, 0.15) is 6.10 Å². The molecule has 3 heteroatoms. The molecule has 0 saturated heterocycles. The molecule has 0 aliphatic carbocycles. The van der Waals surface area contributed by atoms with Crippen LogP contribution < -0.4 is 0 Å². The first-order valence-corrected chi connectivity index (χ1v) is 6.11. The van der Waals surface area contributed by atoms with Gasteiger partial charge in [0, 0.05) is 5.56 Å². The fourth-order valence-electron chi connectivity index (χ4n) is 2.18. The summed E-state index contributed by atoms with van der Waals surface area (Å²) in [5.74, 6) is 0. The Kier molecular flexibility index (Phi) is 3.96. The molecule has 1 nitrogen and oxygen atoms in total. The molecule has 0 saturated carbocycles. The van der Waals surface area contributed by atoms with Crippen LogP contribution in [0.2, 0.25) is 0 Å². The number of aryl methyl sites for hydroxylation is 2. The van der Waals surface area contributed by atoms with E-state index in [1.165, 1.54) is 12.1 Å². The molecule has 19 heavy (non-hydrogen) atoms. The lowest BCUT2D eigenvalue weighted by atomic mass is 9.97. The summed E-state index contributed by atoms with van der Waals surface area (Å²) in [6.07, 6.45) is -3.27. The van der Waals surface area contributed by atoms with E-state index in [2.05, 4.69) is 0 Å². The van der Waals surface area contributed by atoms with Crippen LogP contribution in [0.4, 0.5) is 8.78 Å². The summed E-state index contributed by atoms with van der Waals surface area (Å²) in [6.45, 7) is 3.92. The van der Waals surface area contributed by atoms with Crippen molar-refractivity contribution in [2.75, 3.05) is 0 Å². The minimum Gasteiger partial charge on any atom is -0.384 e. The molecule has 2 aromatic rings. The van der Waals surface area contributed by atoms with E-state index < -0.39 is 12.5 Å². The summed E-state index contributed by atoms with van der Waals surface area (Å²) in [5.41, 5.74) is 3.50. The zero-order chi connectivity index (χ0) is 14.0. The molecule has 0 aliphatic rings. The van der Waals surface area contributed by atoms with Gasteiger partial charge in [-0.3, -0.25) is 0 Å². The van der Waals surface area contributed by atoms with E-state index in [4.69, 9.17) is 0 Å². The first kappa shape index (κ1) is 13.7. The van der Waals surface area contributed by atoms with Crippen LogP contribution in [0.15, 0.2) is 42.5 Å². The highest BCUT2D eigenvalue weighted by Gasteiger charge is 2.13. The van der Waals surface area contributed by atoms with Crippen molar-refractivity contribution in [1.82, 2.24) is 0 Å². The first-order valence-electron chi connectivity index (χ1n) is 6.11. The summed E-state index contributed by atoms with van der Waals surface area (Å²) >= 11 is 0. The minimum absolute atomic E-state index is 0.0311. The minimum atomic E-state index is -2.48. The molecule has 1 N–H and O–H groups in total. The van der Waals surface area contributed by atoms with Crippen molar-refractivity contribution in [3.8, 4) is 0 Å². The van der Waals surface area contributed by atoms with Gasteiger partial charge in [-0.15, -0.1) is 0 Å². The third-order valence-electron chi connectivity index (χ3n) is 3.06. The van der Waals surface area contributed by atoms with Crippen LogP contribution in [0.1, 0.15) is 40.3 Å². The van der Waals surface area contributed by atoms with Gasteiger partial charge >= 0.3 is 0 Å². The maximum atomic E-state index is 12.5. The van der Waals surface area contributed by atoms with Crippen molar-refractivity contribution in [3.05, 3.63) is 70.3 Å². The van der Waals surface area contributed by atoms with Crippen molar-refractivity contribution in [2.45, 2.75) is 26.4 Å². The third kappa shape index (κ3) is 3.18. The number of aliphatic hydroxyl groups excluding tert-OH is 1. The van der Waals surface area contributed by atoms with E-state index in [1.54, 1.807) is 12.1 Å². The average molecular weight is 262 g/mol. The Labute approximate surface area is 111 Å². The Morgan fingerprint density at radius 3 is 1.74 bits per heavy atom. The van der Waals surface area contributed by atoms with Crippen molar-refractivity contribution in [1.29, 1.82) is 0 Å². The quantitative estimate of drug-likeness (QED) is 0.873. The SMILES string of the molecule is Cc1cc(C)cc(C(O)c2ccc(C(F)F)cc2)c1. The molecule has 0 aromatic heterocycles. The fraction of sp³-hybridized carbons (Fsp3) is 0.250. The van der Waals surface area contributed by atoms with Gasteiger partial charge in [-0.1, -0.05) is 53.6 Å². The van der Waals surface area contributed by atoms with E-state index >= 15 is 0 Å². The Bertz CT molecular complexity index is 541. The molecule has 1 atom stereocenters. The maximum absolute atomic E-state index is 12.5. The Balaban J connectivity index is 2.30. The highest BCUT2D eigenvalue weighted by atomic mass is 19.3. The average Bonchev–Trinajstić information content (AvgIpc) is 2.37. The number of aliphatic hydroxyl groups is 1. The van der Waals surface area contributed by atoms with Crippen LogP contribution in [0.3, 0.4) is 0 Å². The molecule has 0 bridgehead atoms. The maximum Gasteiger partial charge on any atom is 0.263 e. The lowest BCUT2D eigenvalue weighted by Gasteiger charge is -2.14. The Morgan fingerprint density at radius 1 is 0.789 bits per heavy atom. The van der Waals surface area contributed by atoms with Crippen LogP contribution >= 0.6 is 0 Å². The van der Waals surface area contributed by atoms with E-state index in [0.717, 1.165) is 16.7 Å². The number of halogens is 2. The number of alkyl halides is 2. The van der Waals surface area contributed by atoms with Crippen LogP contribution in [0.25, 0.3) is 0 Å². The summed E-state index contributed by atoms with van der Waals surface area (Å²) in [4.78, 5) is 0. The summed E-state index contributed by atoms with van der Waals surface area (Å²) in [5, 5.41) is 10.3. The van der Waals surface area contributed by atoms with Gasteiger partial charge in [-0.05, 0) is 25.0 Å². The predicted octanol–water partition coefficient (Wildman–Crippen LogP) is 4.32. The molecule has 0 spiro atoms. The fourth-order valence-corrected chi connectivity index (χ4v) is 2.18. The second-order valence-electron chi connectivity index (χ2n) is 4.79. The highest BCUT2D eigenvalue weighted by molar-refractivity contribution is 5.36. The first-order chi connectivity index (χ1) is 8.97. The number of hydrogen-bond acceptors (Lipinski definition) is 1. The topological polar surface area (TPSA) is 20.2 Å². The van der Waals surface area contributed by atoms with Crippen molar-refractivity contribution in [3.63, 3.8) is 0 Å². The van der Waals surface area contributed by atoms with Gasteiger partial charge in [-0.25, -0.2) is 8.78 Å². The molecule has 0 heterocycles. The molecule has 2 rings (SSSR count). The van der Waals surface area contributed by atoms with E-state index in [9.17, 15) is 13.9 Å². The smallest absolute Gasteiger partial charge is 0.263 e. The number of hydrogen-bond donors (Lipinski definition) is 1. The molecule has 1 unspecified atom stereocenters. The highest BCUT2D eigenvalue weighted by Crippen LogP contribution is 2.26. The lowest BCUT2D eigenvalue weighted by Crippen LogP contribution is -2.01. The molecule has 0 amide bonds. The summed E-state index contributed by atoms with van der Waals surface area (Å²) in [6, 6.07) is 11.6. The van der Waals surface area contributed by atoms with Crippen molar-refractivity contribution >= 4 is 0 Å². The van der Waals surface area contributed by atoms with Crippen LogP contribution in [-0.4, -0.2) is 5.11 Å². The molecule has 0 radical (unpaired) electrons. The Hall–Kier alpha value is -1.74. The predicted molar refractivity (Wildman–Crippen MR) is 71.4 cm³/mol. The molecular weight excluding hydrogens is 246 g/mol. The molecule has 2 aromatic carbocycles. The normalized spacial score (nSPS) is 12.7. The third-order valence-corrected chi connectivity index (χ3v) is 3.06. The second kappa shape index (κ2) is 5.49. The summed E-state index contributed by atoms with van der Waals surface area (Å²) < 4.78 is 24.9. The van der Waals surface area contributed by atoms with Gasteiger partial charge in [-0.2, -0.15) is 0 Å². The van der Waals surface area contributed by atoms with Gasteiger partial charge in [0.05, 0.1) is 0 Å². The zero-order valence-electron chi connectivity index (χ0n) is 10.9. The zero-order valence-corrected chi connectivity index (χ0v) is 10.9. The van der Waals surface area contributed by atoms with E-state index in [1.807, 2.05) is 32.0 Å². The number of rotatable bonds is 3. The van der Waals surface area contributed by atoms with Gasteiger partial charge in [0.2, 0.25) is 0 Å². The standard InChI is InChI=1S/C16H16F2O/c1-10-7-11(2)9-14(8-10)15(19)12-3-5-13(6-4-12)16(17)18/h3-9,15-16,19H,1-2H3. The van der Waals surface area contributed by atoms with Crippen molar-refractivity contribution < 1.29 is 13.9 Å². The van der Waals surface area contributed by atoms with Crippen molar-refractivity contribution in [2.24, 2.45) is 0 Å². The second-order valence-corrected chi connectivity index (χ2v) is 4.79. The Morgan fingerprint density at radius 2 is 1.26 bits per heavy atom. The molecule has 100 valence electrons. The number of benzene rings is 2. The van der Waals surface area contributed by atoms with Crippen LogP contribution in [-0.2, 0) is 0 Å². The molecule has 0 fully saturated rings. The monoisotopic (exact) mass is 262 g/mol. The van der Waals surface area contributed by atoms with Crippen LogP contribution in [0, 0.1) is 13.8 Å². The van der Waals surface area contributed by atoms with Gasteiger partial charge in [0.15, 0.2) is 0 Å². The van der Waals surface area contributed by atoms with Crippen LogP contribution in [0.5, 0.6) is 0 Å². The summed E-state index contributed by atoms with van der Waals surface area (Å²) in [7, 11) is 0. The lowest BCUT2D eigenvalue weighted by molar-refractivity contribution is 0.151. The van der Waals surface area contributed by atoms with Gasteiger partial charge in [0.25, 0.3) is 6.43 Å².